The first-order valence-electron chi connectivity index (χ1n) is 7.99. The van der Waals surface area contributed by atoms with E-state index in [2.05, 4.69) is 36.0 Å². The Kier molecular flexibility index (Phi) is 6.03. The Morgan fingerprint density at radius 2 is 2.19 bits per heavy atom. The van der Waals surface area contributed by atoms with Crippen LogP contribution in [0.25, 0.3) is 0 Å². The average molecular weight is 291 g/mol. The first kappa shape index (κ1) is 16.3. The number of hydrogen-bond acceptors (Lipinski definition) is 4. The lowest BCUT2D eigenvalue weighted by atomic mass is 9.99. The third-order valence-corrected chi connectivity index (χ3v) is 4.47. The van der Waals surface area contributed by atoms with Gasteiger partial charge >= 0.3 is 0 Å². The van der Waals surface area contributed by atoms with Crippen LogP contribution in [0.1, 0.15) is 31.4 Å². The molecule has 1 aliphatic rings. The molecule has 0 saturated carbocycles. The van der Waals surface area contributed by atoms with Crippen LogP contribution >= 0.6 is 0 Å². The molecule has 0 spiro atoms. The number of para-hydroxylation sites is 1. The van der Waals surface area contributed by atoms with Crippen molar-refractivity contribution in [2.45, 2.75) is 31.8 Å². The number of likely N-dealkylation sites (N-methyl/N-ethyl adjacent to an activating group) is 2. The summed E-state index contributed by atoms with van der Waals surface area (Å²) < 4.78 is 5.79. The topological polar surface area (TPSA) is 41.7 Å². The van der Waals surface area contributed by atoms with Crippen LogP contribution in [-0.4, -0.2) is 56.2 Å². The molecular weight excluding hydrogens is 262 g/mol. The van der Waals surface area contributed by atoms with Crippen LogP contribution in [0.15, 0.2) is 24.3 Å². The van der Waals surface area contributed by atoms with Gasteiger partial charge in [0.2, 0.25) is 0 Å². The molecule has 1 aromatic rings. The zero-order valence-corrected chi connectivity index (χ0v) is 13.6. The summed E-state index contributed by atoms with van der Waals surface area (Å²) in [5.74, 6) is 0.964. The van der Waals surface area contributed by atoms with Gasteiger partial charge in [0, 0.05) is 24.7 Å². The van der Waals surface area contributed by atoms with Crippen molar-refractivity contribution in [1.82, 2.24) is 9.80 Å². The van der Waals surface area contributed by atoms with Crippen LogP contribution in [0.2, 0.25) is 0 Å². The van der Waals surface area contributed by atoms with E-state index in [4.69, 9.17) is 10.5 Å². The quantitative estimate of drug-likeness (QED) is 0.871. The van der Waals surface area contributed by atoms with E-state index < -0.39 is 0 Å². The molecule has 4 heteroatoms. The summed E-state index contributed by atoms with van der Waals surface area (Å²) in [6, 6.07) is 9.06. The van der Waals surface area contributed by atoms with Crippen LogP contribution in [-0.2, 0) is 0 Å². The smallest absolute Gasteiger partial charge is 0.124 e. The van der Waals surface area contributed by atoms with E-state index in [0.29, 0.717) is 19.2 Å². The highest BCUT2D eigenvalue weighted by Crippen LogP contribution is 2.30. The van der Waals surface area contributed by atoms with Gasteiger partial charge < -0.3 is 15.4 Å². The summed E-state index contributed by atoms with van der Waals surface area (Å²) in [5.41, 5.74) is 7.31. The molecular formula is C17H29N3O. The first-order valence-corrected chi connectivity index (χ1v) is 7.99. The molecule has 2 N–H and O–H groups in total. The first-order chi connectivity index (χ1) is 10.2. The summed E-state index contributed by atoms with van der Waals surface area (Å²) in [7, 11) is 4.40. The van der Waals surface area contributed by atoms with Crippen molar-refractivity contribution >= 4 is 0 Å². The van der Waals surface area contributed by atoms with Gasteiger partial charge in [0.05, 0.1) is 12.6 Å². The van der Waals surface area contributed by atoms with Gasteiger partial charge in [0.1, 0.15) is 5.75 Å². The highest BCUT2D eigenvalue weighted by Gasteiger charge is 2.28. The number of nitrogens with zero attached hydrogens (tertiary/aromatic N) is 2. The Hall–Kier alpha value is -1.10. The minimum Gasteiger partial charge on any atom is -0.494 e. The minimum atomic E-state index is 0.212. The molecule has 118 valence electrons. The van der Waals surface area contributed by atoms with Gasteiger partial charge in [-0.1, -0.05) is 18.2 Å². The largest absolute Gasteiger partial charge is 0.494 e. The van der Waals surface area contributed by atoms with Gasteiger partial charge in [-0.25, -0.2) is 0 Å². The highest BCUT2D eigenvalue weighted by atomic mass is 16.5. The van der Waals surface area contributed by atoms with Crippen molar-refractivity contribution in [2.75, 3.05) is 40.3 Å². The molecule has 0 radical (unpaired) electrons. The third kappa shape index (κ3) is 3.96. The van der Waals surface area contributed by atoms with Crippen LogP contribution < -0.4 is 10.5 Å². The maximum atomic E-state index is 6.10. The van der Waals surface area contributed by atoms with Crippen molar-refractivity contribution in [3.8, 4) is 5.75 Å². The van der Waals surface area contributed by atoms with Crippen molar-refractivity contribution in [2.24, 2.45) is 5.73 Å². The zero-order valence-electron chi connectivity index (χ0n) is 13.6. The van der Waals surface area contributed by atoms with E-state index in [1.807, 2.05) is 19.1 Å². The predicted molar refractivity (Wildman–Crippen MR) is 87.7 cm³/mol. The SMILES string of the molecule is CCOc1ccccc1C(CN)N(C)C1CCCN(C)C1. The van der Waals surface area contributed by atoms with Crippen LogP contribution in [0.4, 0.5) is 0 Å². The molecule has 0 aliphatic carbocycles. The normalized spacial score (nSPS) is 21.5. The number of likely N-dealkylation sites (tertiary alicyclic amines) is 1. The average Bonchev–Trinajstić information content (AvgIpc) is 2.50. The number of benzene rings is 1. The van der Waals surface area contributed by atoms with E-state index in [-0.39, 0.29) is 6.04 Å². The summed E-state index contributed by atoms with van der Waals surface area (Å²) in [5, 5.41) is 0. The summed E-state index contributed by atoms with van der Waals surface area (Å²) >= 11 is 0. The molecule has 2 unspecified atom stereocenters. The molecule has 21 heavy (non-hydrogen) atoms. The Labute approximate surface area is 128 Å². The maximum Gasteiger partial charge on any atom is 0.124 e. The Morgan fingerprint density at radius 3 is 2.86 bits per heavy atom. The van der Waals surface area contributed by atoms with E-state index in [0.717, 1.165) is 12.3 Å². The molecule has 0 amide bonds. The van der Waals surface area contributed by atoms with E-state index in [9.17, 15) is 0 Å². The molecule has 1 aliphatic heterocycles. The fourth-order valence-electron chi connectivity index (χ4n) is 3.28. The lowest BCUT2D eigenvalue weighted by molar-refractivity contribution is 0.0996. The van der Waals surface area contributed by atoms with Crippen LogP contribution in [0.3, 0.4) is 0 Å². The summed E-state index contributed by atoms with van der Waals surface area (Å²) in [6.45, 7) is 5.63. The minimum absolute atomic E-state index is 0.212. The molecule has 2 atom stereocenters. The second-order valence-electron chi connectivity index (χ2n) is 5.95. The molecule has 1 saturated heterocycles. The molecule has 1 fully saturated rings. The molecule has 0 bridgehead atoms. The number of nitrogens with two attached hydrogens (primary N) is 1. The second-order valence-corrected chi connectivity index (χ2v) is 5.95. The Bertz CT molecular complexity index is 438. The lowest BCUT2D eigenvalue weighted by Gasteiger charge is -2.40. The lowest BCUT2D eigenvalue weighted by Crippen LogP contribution is -2.47. The number of ether oxygens (including phenoxy) is 1. The van der Waals surface area contributed by atoms with Gasteiger partial charge in [-0.3, -0.25) is 4.90 Å². The molecule has 2 rings (SSSR count). The van der Waals surface area contributed by atoms with Gasteiger partial charge in [-0.2, -0.15) is 0 Å². The van der Waals surface area contributed by atoms with Crippen LogP contribution in [0.5, 0.6) is 5.75 Å². The summed E-state index contributed by atoms with van der Waals surface area (Å²) in [6.07, 6.45) is 2.50. The van der Waals surface area contributed by atoms with Crippen molar-refractivity contribution in [3.05, 3.63) is 29.8 Å². The molecule has 0 aromatic heterocycles. The number of piperidine rings is 1. The Morgan fingerprint density at radius 1 is 1.43 bits per heavy atom. The number of hydrogen-bond donors (Lipinski definition) is 1. The standard InChI is InChI=1S/C17H29N3O/c1-4-21-17-10-6-5-9-15(17)16(12-18)20(3)14-8-7-11-19(2)13-14/h5-6,9-10,14,16H,4,7-8,11-13,18H2,1-3H3. The fourth-order valence-corrected chi connectivity index (χ4v) is 3.28. The zero-order chi connectivity index (χ0) is 15.2. The van der Waals surface area contributed by atoms with Crippen molar-refractivity contribution in [3.63, 3.8) is 0 Å². The predicted octanol–water partition coefficient (Wildman–Crippen LogP) is 2.11. The van der Waals surface area contributed by atoms with Crippen molar-refractivity contribution < 1.29 is 4.74 Å². The molecule has 4 nitrogen and oxygen atoms in total. The van der Waals surface area contributed by atoms with Gasteiger partial charge in [-0.05, 0) is 46.5 Å². The maximum absolute atomic E-state index is 6.10. The third-order valence-electron chi connectivity index (χ3n) is 4.47. The molecule has 1 aromatic carbocycles. The number of rotatable bonds is 6. The Balaban J connectivity index is 2.18. The second kappa shape index (κ2) is 7.78. The van der Waals surface area contributed by atoms with Gasteiger partial charge in [-0.15, -0.1) is 0 Å². The van der Waals surface area contributed by atoms with Crippen LogP contribution in [0, 0.1) is 0 Å². The highest BCUT2D eigenvalue weighted by molar-refractivity contribution is 5.36. The van der Waals surface area contributed by atoms with E-state index in [1.54, 1.807) is 0 Å². The fraction of sp³-hybridized carbons (Fsp3) is 0.647. The van der Waals surface area contributed by atoms with Gasteiger partial charge in [0.15, 0.2) is 0 Å². The molecule has 1 heterocycles. The van der Waals surface area contributed by atoms with E-state index >= 15 is 0 Å². The monoisotopic (exact) mass is 291 g/mol. The summed E-state index contributed by atoms with van der Waals surface area (Å²) in [4.78, 5) is 4.85. The van der Waals surface area contributed by atoms with Crippen molar-refractivity contribution in [1.29, 1.82) is 0 Å². The van der Waals surface area contributed by atoms with Gasteiger partial charge in [0.25, 0.3) is 0 Å². The van der Waals surface area contributed by atoms with E-state index in [1.165, 1.54) is 24.9 Å².